The van der Waals surface area contributed by atoms with E-state index in [9.17, 15) is 33.6 Å². The van der Waals surface area contributed by atoms with Crippen molar-refractivity contribution in [3.05, 3.63) is 18.2 Å². The Kier molecular flexibility index (Phi) is 18.3. The van der Waals surface area contributed by atoms with E-state index < -0.39 is 89.8 Å². The van der Waals surface area contributed by atoms with Crippen molar-refractivity contribution in [2.75, 3.05) is 18.6 Å². The van der Waals surface area contributed by atoms with Gasteiger partial charge in [-0.3, -0.25) is 28.8 Å². The third-order valence-electron chi connectivity index (χ3n) is 7.04. The molecule has 282 valence electrons. The van der Waals surface area contributed by atoms with Crippen LogP contribution in [0.1, 0.15) is 73.9 Å². The molecule has 0 radical (unpaired) electrons. The molecule has 7 amide bonds. The van der Waals surface area contributed by atoms with Gasteiger partial charge in [-0.25, -0.2) is 9.78 Å². The zero-order valence-corrected chi connectivity index (χ0v) is 31.2. The summed E-state index contributed by atoms with van der Waals surface area (Å²) in [6.45, 7) is 13.0. The van der Waals surface area contributed by atoms with Crippen molar-refractivity contribution in [3.8, 4) is 0 Å². The van der Waals surface area contributed by atoms with E-state index in [0.29, 0.717) is 17.9 Å². The minimum atomic E-state index is -1.19. The van der Waals surface area contributed by atoms with Gasteiger partial charge in [-0.05, 0) is 64.4 Å². The lowest BCUT2D eigenvalue weighted by atomic mass is 10.0. The summed E-state index contributed by atoms with van der Waals surface area (Å²) >= 11 is 1.49. The van der Waals surface area contributed by atoms with Gasteiger partial charge in [-0.1, -0.05) is 27.7 Å². The summed E-state index contributed by atoms with van der Waals surface area (Å²) in [4.78, 5) is 96.5. The number of aromatic nitrogens is 2. The molecule has 0 unspecified atom stereocenters. The summed E-state index contributed by atoms with van der Waals surface area (Å²) < 4.78 is 5.17. The number of primary amides is 1. The normalized spacial score (nSPS) is 14.4. The lowest BCUT2D eigenvalue weighted by molar-refractivity contribution is -0.134. The maximum Gasteiger partial charge on any atom is 0.408 e. The number of carbonyl (C=O) groups excluding carboxylic acids is 7. The van der Waals surface area contributed by atoms with E-state index in [1.165, 1.54) is 31.2 Å². The Balaban J connectivity index is 2.99. The molecule has 5 atom stereocenters. The van der Waals surface area contributed by atoms with Crippen LogP contribution >= 0.6 is 11.8 Å². The van der Waals surface area contributed by atoms with E-state index in [-0.39, 0.29) is 18.8 Å². The van der Waals surface area contributed by atoms with Crippen molar-refractivity contribution in [2.24, 2.45) is 17.6 Å². The van der Waals surface area contributed by atoms with Gasteiger partial charge in [0.25, 0.3) is 0 Å². The first-order chi connectivity index (χ1) is 23.2. The standard InChI is InChI=1S/C32H55N9O8S/c1-17(2)12-22(28(45)39-21(26(33)43)10-11-50-9)40-29(46)23(13-20-14-34-16-36-20)38-24(42)15-35-30(47)25(18(3)4)41-27(44)19(5)37-31(48)49-32(6,7)8/h14,16-19,21-23,25H,10-13,15H2,1-9H3,(H2,33,43)(H,34,36)(H,35,47)(H,37,48)(H,38,42)(H,39,45)(H,40,46)(H,41,44)/t19-,21-,22-,23-,25-/m0/s1. The highest BCUT2D eigenvalue weighted by molar-refractivity contribution is 7.98. The first-order valence-electron chi connectivity index (χ1n) is 16.5. The zero-order chi connectivity index (χ0) is 38.2. The second-order valence-electron chi connectivity index (χ2n) is 13.7. The molecule has 0 saturated carbocycles. The Bertz CT molecular complexity index is 1300. The summed E-state index contributed by atoms with van der Waals surface area (Å²) in [7, 11) is 0. The Hall–Kier alpha value is -4.35. The summed E-state index contributed by atoms with van der Waals surface area (Å²) in [6, 6.07) is -5.23. The number of hydrogen-bond donors (Lipinski definition) is 8. The topological polar surface area (TPSA) is 256 Å². The van der Waals surface area contributed by atoms with Crippen molar-refractivity contribution in [1.82, 2.24) is 41.9 Å². The largest absolute Gasteiger partial charge is 0.444 e. The van der Waals surface area contributed by atoms with Gasteiger partial charge in [0.2, 0.25) is 35.4 Å². The number of ether oxygens (including phenoxy) is 1. The highest BCUT2D eigenvalue weighted by Crippen LogP contribution is 2.10. The number of aromatic amines is 1. The van der Waals surface area contributed by atoms with E-state index in [1.54, 1.807) is 34.6 Å². The summed E-state index contributed by atoms with van der Waals surface area (Å²) in [5.41, 5.74) is 5.23. The van der Waals surface area contributed by atoms with Gasteiger partial charge in [-0.2, -0.15) is 11.8 Å². The number of amides is 7. The Labute approximate surface area is 297 Å². The van der Waals surface area contributed by atoms with Crippen LogP contribution in [0, 0.1) is 11.8 Å². The number of hydrogen-bond acceptors (Lipinski definition) is 10. The predicted molar refractivity (Wildman–Crippen MR) is 188 cm³/mol. The van der Waals surface area contributed by atoms with Crippen molar-refractivity contribution in [2.45, 2.75) is 110 Å². The van der Waals surface area contributed by atoms with Crippen LogP contribution < -0.4 is 37.6 Å². The molecule has 0 aliphatic carbocycles. The monoisotopic (exact) mass is 725 g/mol. The fourth-order valence-electron chi connectivity index (χ4n) is 4.48. The minimum absolute atomic E-state index is 0.0214. The summed E-state index contributed by atoms with van der Waals surface area (Å²) in [5, 5.41) is 15.4. The molecule has 1 aromatic rings. The fraction of sp³-hybridized carbons (Fsp3) is 0.688. The Morgan fingerprint density at radius 3 is 2.00 bits per heavy atom. The minimum Gasteiger partial charge on any atom is -0.444 e. The summed E-state index contributed by atoms with van der Waals surface area (Å²) in [5.74, 6) is -3.83. The molecule has 18 heteroatoms. The highest BCUT2D eigenvalue weighted by Gasteiger charge is 2.31. The molecular weight excluding hydrogens is 670 g/mol. The third kappa shape index (κ3) is 16.8. The highest BCUT2D eigenvalue weighted by atomic mass is 32.2. The number of nitrogens with two attached hydrogens (primary N) is 1. The molecular formula is C32H55N9O8S. The molecule has 0 fully saturated rings. The van der Waals surface area contributed by atoms with Crippen LogP contribution in [0.4, 0.5) is 4.79 Å². The molecule has 1 aromatic heterocycles. The van der Waals surface area contributed by atoms with Crippen molar-refractivity contribution < 1.29 is 38.3 Å². The Morgan fingerprint density at radius 2 is 1.48 bits per heavy atom. The average Bonchev–Trinajstić information content (AvgIpc) is 3.51. The van der Waals surface area contributed by atoms with Crippen LogP contribution in [0.15, 0.2) is 12.5 Å². The van der Waals surface area contributed by atoms with Crippen LogP contribution in [0.2, 0.25) is 0 Å². The molecule has 0 aliphatic heterocycles. The molecule has 50 heavy (non-hydrogen) atoms. The van der Waals surface area contributed by atoms with Gasteiger partial charge in [0.1, 0.15) is 35.8 Å². The Morgan fingerprint density at radius 1 is 0.860 bits per heavy atom. The van der Waals surface area contributed by atoms with Gasteiger partial charge in [-0.15, -0.1) is 0 Å². The van der Waals surface area contributed by atoms with E-state index >= 15 is 0 Å². The van der Waals surface area contributed by atoms with Crippen molar-refractivity contribution in [3.63, 3.8) is 0 Å². The molecule has 0 aromatic carbocycles. The second-order valence-corrected chi connectivity index (χ2v) is 14.6. The lowest BCUT2D eigenvalue weighted by Gasteiger charge is -2.26. The molecule has 0 spiro atoms. The fourth-order valence-corrected chi connectivity index (χ4v) is 4.95. The van der Waals surface area contributed by atoms with Crippen molar-refractivity contribution in [1.29, 1.82) is 0 Å². The van der Waals surface area contributed by atoms with E-state index in [4.69, 9.17) is 10.5 Å². The van der Waals surface area contributed by atoms with Gasteiger partial charge >= 0.3 is 6.09 Å². The van der Waals surface area contributed by atoms with E-state index in [2.05, 4.69) is 41.9 Å². The number of alkyl carbamates (subject to hydrolysis) is 1. The molecule has 1 heterocycles. The van der Waals surface area contributed by atoms with Crippen LogP contribution in [-0.4, -0.2) is 106 Å². The third-order valence-corrected chi connectivity index (χ3v) is 7.68. The molecule has 1 rings (SSSR count). The number of nitrogens with zero attached hydrogens (tertiary/aromatic N) is 1. The molecule has 0 bridgehead atoms. The van der Waals surface area contributed by atoms with E-state index in [0.717, 1.165) is 0 Å². The SMILES string of the molecule is CSCC[C@H](NC(=O)[C@H](CC(C)C)NC(=O)[C@H](Cc1cnc[nH]1)NC(=O)CNC(=O)[C@@H](NC(=O)[C@H](C)NC(=O)OC(C)(C)C)C(C)C)C(N)=O. The van der Waals surface area contributed by atoms with Gasteiger partial charge in [0.15, 0.2) is 0 Å². The quantitative estimate of drug-likeness (QED) is 0.0883. The van der Waals surface area contributed by atoms with Crippen LogP contribution in [0.25, 0.3) is 0 Å². The number of imidazole rings is 1. The maximum atomic E-state index is 13.6. The number of thioether (sulfide) groups is 1. The zero-order valence-electron chi connectivity index (χ0n) is 30.4. The number of carbonyl (C=O) groups is 7. The number of rotatable bonds is 20. The van der Waals surface area contributed by atoms with Crippen LogP contribution in [0.3, 0.4) is 0 Å². The second kappa shape index (κ2) is 21.0. The van der Waals surface area contributed by atoms with Crippen LogP contribution in [-0.2, 0) is 39.9 Å². The van der Waals surface area contributed by atoms with E-state index in [1.807, 2.05) is 20.1 Å². The smallest absolute Gasteiger partial charge is 0.408 e. The van der Waals surface area contributed by atoms with Crippen LogP contribution in [0.5, 0.6) is 0 Å². The van der Waals surface area contributed by atoms with Gasteiger partial charge in [0.05, 0.1) is 12.9 Å². The molecule has 0 aliphatic rings. The first-order valence-corrected chi connectivity index (χ1v) is 17.9. The number of nitrogens with one attached hydrogen (secondary N) is 7. The van der Waals surface area contributed by atoms with Crippen molar-refractivity contribution >= 4 is 53.3 Å². The predicted octanol–water partition coefficient (Wildman–Crippen LogP) is -0.139. The lowest BCUT2D eigenvalue weighted by Crippen LogP contribution is -2.58. The van der Waals surface area contributed by atoms with Gasteiger partial charge in [0, 0.05) is 18.3 Å². The molecule has 0 saturated heterocycles. The number of H-pyrrole nitrogens is 1. The maximum absolute atomic E-state index is 13.6. The molecule has 9 N–H and O–H groups in total. The average molecular weight is 726 g/mol. The molecule has 17 nitrogen and oxygen atoms in total. The summed E-state index contributed by atoms with van der Waals surface area (Å²) in [6.07, 6.45) is 4.48. The van der Waals surface area contributed by atoms with Gasteiger partial charge < -0.3 is 47.4 Å². The first kappa shape index (κ1) is 43.7.